The number of hydrogen-bond donors (Lipinski definition) is 5. The number of nitrogens with zero attached hydrogens (tertiary/aromatic N) is 10. The number of hydrogen-bond acceptors (Lipinski definition) is 15. The number of pyridine rings is 3. The molecular weight excluding hydrogens is 1170 g/mol. The number of aryl methyl sites for hydroxylation is 2. The van der Waals surface area contributed by atoms with E-state index in [0.717, 1.165) is 165 Å². The van der Waals surface area contributed by atoms with Gasteiger partial charge in [-0.15, -0.1) is 0 Å². The normalized spacial score (nSPS) is 15.0. The van der Waals surface area contributed by atoms with Gasteiger partial charge in [0.05, 0.1) is 53.8 Å². The summed E-state index contributed by atoms with van der Waals surface area (Å²) >= 11 is 0. The van der Waals surface area contributed by atoms with Crippen molar-refractivity contribution < 1.29 is 23.9 Å². The molecule has 4 aliphatic heterocycles. The van der Waals surface area contributed by atoms with Gasteiger partial charge in [0.2, 0.25) is 11.8 Å². The Morgan fingerprint density at radius 3 is 1.37 bits per heavy atom. The van der Waals surface area contributed by atoms with E-state index in [4.69, 9.17) is 9.47 Å². The van der Waals surface area contributed by atoms with Crippen LogP contribution >= 0.6 is 0 Å². The molecular formula is C69H73N15O8. The minimum atomic E-state index is -0.148. The summed E-state index contributed by atoms with van der Waals surface area (Å²) in [6.45, 7) is 3.71. The third-order valence-electron chi connectivity index (χ3n) is 17.5. The zero-order valence-corrected chi connectivity index (χ0v) is 52.0. The van der Waals surface area contributed by atoms with Gasteiger partial charge in [0.15, 0.2) is 23.1 Å². The molecule has 2 aliphatic carbocycles. The van der Waals surface area contributed by atoms with Crippen LogP contribution in [-0.4, -0.2) is 93.2 Å². The van der Waals surface area contributed by atoms with Gasteiger partial charge in [-0.25, -0.2) is 9.97 Å². The van der Waals surface area contributed by atoms with E-state index >= 15 is 0 Å². The van der Waals surface area contributed by atoms with Crippen LogP contribution in [0, 0.1) is 11.8 Å². The molecule has 6 aliphatic rings. The predicted molar refractivity (Wildman–Crippen MR) is 353 cm³/mol. The number of methoxy groups -OCH3 is 2. The molecule has 9 aromatic rings. The van der Waals surface area contributed by atoms with Crippen molar-refractivity contribution >= 4 is 63.2 Å². The maximum absolute atomic E-state index is 13.1. The monoisotopic (exact) mass is 1240 g/mol. The third kappa shape index (κ3) is 12.7. The number of aromatic nitrogens is 9. The molecule has 0 unspecified atom stereocenters. The van der Waals surface area contributed by atoms with E-state index in [-0.39, 0.29) is 46.2 Å². The molecule has 92 heavy (non-hydrogen) atoms. The number of ether oxygens (including phenoxy) is 2. The summed E-state index contributed by atoms with van der Waals surface area (Å²) in [6, 6.07) is 34.3. The Hall–Kier alpha value is -10.6. The summed E-state index contributed by atoms with van der Waals surface area (Å²) in [5.41, 5.74) is 12.1. The molecule has 3 fully saturated rings. The number of para-hydroxylation sites is 2. The lowest BCUT2D eigenvalue weighted by Crippen LogP contribution is -2.27. The molecule has 15 rings (SSSR count). The molecule has 0 radical (unpaired) electrons. The minimum absolute atomic E-state index is 0.0247. The van der Waals surface area contributed by atoms with E-state index in [0.29, 0.717) is 58.7 Å². The van der Waals surface area contributed by atoms with Gasteiger partial charge in [0.1, 0.15) is 24.0 Å². The first kappa shape index (κ1) is 60.3. The molecule has 4 aromatic carbocycles. The summed E-state index contributed by atoms with van der Waals surface area (Å²) in [5, 5.41) is 24.8. The second-order valence-electron chi connectivity index (χ2n) is 24.0. The Balaban J connectivity index is 0.000000126. The van der Waals surface area contributed by atoms with E-state index < -0.39 is 0 Å². The number of likely N-dealkylation sites (tertiary alicyclic amines) is 1. The SMILES string of the molecule is COc1c(Nc2cc(-c3ccccc3)c(=O)n3c2CCC3)cccc1-c1ncn(C)n1.COc1c(Nc2cc(NC(=O)C3CC3)c(=O)n3c2CCC3)cccc1-c1ncn(C)n1.O=C(Nc1cc(Nc2ccc(C(=O)N3CCCC3)cc2)c2n(c1=O)CCC2)C1CC1. The van der Waals surface area contributed by atoms with Crippen LogP contribution in [0.3, 0.4) is 0 Å². The number of nitrogens with one attached hydrogen (secondary N) is 5. The van der Waals surface area contributed by atoms with Crippen molar-refractivity contribution in [3.63, 3.8) is 0 Å². The highest BCUT2D eigenvalue weighted by molar-refractivity contribution is 5.96. The summed E-state index contributed by atoms with van der Waals surface area (Å²) < 4.78 is 20.2. The number of carbonyl (C=O) groups excluding carboxylic acids is 3. The maximum Gasteiger partial charge on any atom is 0.274 e. The summed E-state index contributed by atoms with van der Waals surface area (Å²) in [5.74, 6) is 2.44. The van der Waals surface area contributed by atoms with Crippen molar-refractivity contribution in [2.75, 3.05) is 53.9 Å². The fourth-order valence-electron chi connectivity index (χ4n) is 12.6. The molecule has 23 heteroatoms. The molecule has 0 bridgehead atoms. The summed E-state index contributed by atoms with van der Waals surface area (Å²) in [4.78, 5) is 86.4. The molecule has 0 atom stereocenters. The van der Waals surface area contributed by atoms with E-state index in [1.807, 2.05) is 121 Å². The van der Waals surface area contributed by atoms with E-state index in [2.05, 4.69) is 46.7 Å². The molecule has 2 saturated carbocycles. The fourth-order valence-corrected chi connectivity index (χ4v) is 12.6. The minimum Gasteiger partial charge on any atom is -0.494 e. The van der Waals surface area contributed by atoms with Crippen molar-refractivity contribution in [2.24, 2.45) is 25.9 Å². The first-order chi connectivity index (χ1) is 44.8. The summed E-state index contributed by atoms with van der Waals surface area (Å²) in [7, 11) is 6.89. The number of fused-ring (bicyclic) bond motifs is 3. The highest BCUT2D eigenvalue weighted by Gasteiger charge is 2.33. The molecule has 5 N–H and O–H groups in total. The standard InChI is InChI=1S/C24H23N5O2.C23H26N4O3.C22H24N6O3/c1-28-15-25-23(27-28)17-10-6-11-19(22(17)31-2)26-20-14-18(16-8-4-3-5-9-16)24(30)29-13-7-12-21(20)29;28-21(15-5-6-15)25-19-14-18(20-4-3-13-27(20)23(19)30)24-17-9-7-16(8-10-17)22(29)26-11-1-2-12-26;1-27-12-23-20(26-27)14-5-3-6-15(19(14)31-2)24-16-11-17(25-21(29)13-8-9-13)22(30)28-10-4-7-18(16)28/h3-6,8-11,14-15,26H,7,12-13H2,1-2H3;7-10,14-15,24H,1-6,11-13H2,(H,25,28);3,5-6,11-13,24H,4,7-10H2,1-2H3,(H,25,29). The van der Waals surface area contributed by atoms with Gasteiger partial charge in [-0.05, 0) is 149 Å². The zero-order chi connectivity index (χ0) is 63.6. The van der Waals surface area contributed by atoms with Crippen molar-refractivity contribution in [3.05, 3.63) is 176 Å². The molecule has 3 amide bonds. The average molecular weight is 1240 g/mol. The van der Waals surface area contributed by atoms with E-state index in [9.17, 15) is 28.8 Å². The van der Waals surface area contributed by atoms with Crippen LogP contribution in [-0.2, 0) is 62.6 Å². The Kier molecular flexibility index (Phi) is 17.1. The van der Waals surface area contributed by atoms with Crippen molar-refractivity contribution in [2.45, 2.75) is 96.7 Å². The quantitative estimate of drug-likeness (QED) is 0.0603. The van der Waals surface area contributed by atoms with E-state index in [1.54, 1.807) is 57.5 Å². The molecule has 0 spiro atoms. The van der Waals surface area contributed by atoms with Gasteiger partial charge in [-0.2, -0.15) is 10.2 Å². The molecule has 1 saturated heterocycles. The number of carbonyl (C=O) groups is 3. The zero-order valence-electron chi connectivity index (χ0n) is 52.0. The third-order valence-corrected chi connectivity index (χ3v) is 17.5. The van der Waals surface area contributed by atoms with Gasteiger partial charge in [0, 0.05) is 92.6 Å². The Labute approximate surface area is 530 Å². The lowest BCUT2D eigenvalue weighted by Gasteiger charge is -2.18. The Morgan fingerprint density at radius 2 is 0.924 bits per heavy atom. The van der Waals surface area contributed by atoms with Crippen molar-refractivity contribution in [3.8, 4) is 45.4 Å². The first-order valence-corrected chi connectivity index (χ1v) is 31.5. The van der Waals surface area contributed by atoms with Gasteiger partial charge in [-0.3, -0.25) is 38.1 Å². The van der Waals surface area contributed by atoms with Crippen LogP contribution in [0.1, 0.15) is 85.2 Å². The topological polar surface area (TPSA) is 260 Å². The first-order valence-electron chi connectivity index (χ1n) is 31.5. The number of rotatable bonds is 16. The van der Waals surface area contributed by atoms with Crippen molar-refractivity contribution in [1.29, 1.82) is 0 Å². The van der Waals surface area contributed by atoms with Gasteiger partial charge in [-0.1, -0.05) is 42.5 Å². The van der Waals surface area contributed by atoms with Gasteiger partial charge in [0.25, 0.3) is 22.6 Å². The number of amides is 3. The van der Waals surface area contributed by atoms with Gasteiger partial charge >= 0.3 is 0 Å². The number of benzene rings is 4. The average Bonchev–Trinajstić information content (AvgIpc) is 1.61. The van der Waals surface area contributed by atoms with Crippen LogP contribution < -0.4 is 52.7 Å². The fraction of sp³-hybridized carbons (Fsp3) is 0.333. The maximum atomic E-state index is 13.1. The van der Waals surface area contributed by atoms with Crippen LogP contribution in [0.5, 0.6) is 11.5 Å². The number of anilines is 8. The molecule has 9 heterocycles. The van der Waals surface area contributed by atoms with Crippen LogP contribution in [0.4, 0.5) is 45.5 Å². The molecule has 23 nitrogen and oxygen atoms in total. The van der Waals surface area contributed by atoms with E-state index in [1.165, 1.54) is 0 Å². The second-order valence-corrected chi connectivity index (χ2v) is 24.0. The largest absolute Gasteiger partial charge is 0.494 e. The van der Waals surface area contributed by atoms with Crippen LogP contribution in [0.15, 0.2) is 136 Å². The Bertz CT molecular complexity index is 4480. The lowest BCUT2D eigenvalue weighted by molar-refractivity contribution is -0.118. The highest BCUT2D eigenvalue weighted by atomic mass is 16.5. The van der Waals surface area contributed by atoms with Crippen LogP contribution in [0.2, 0.25) is 0 Å². The molecule has 5 aromatic heterocycles. The van der Waals surface area contributed by atoms with Crippen LogP contribution in [0.25, 0.3) is 33.9 Å². The Morgan fingerprint density at radius 1 is 0.467 bits per heavy atom. The van der Waals surface area contributed by atoms with Crippen molar-refractivity contribution in [1.82, 2.24) is 48.1 Å². The second kappa shape index (κ2) is 26.1. The summed E-state index contributed by atoms with van der Waals surface area (Å²) in [6.07, 6.45) is 14.2. The molecule has 472 valence electrons. The lowest BCUT2D eigenvalue weighted by atomic mass is 10.1. The smallest absolute Gasteiger partial charge is 0.274 e. The highest BCUT2D eigenvalue weighted by Crippen LogP contribution is 2.41. The predicted octanol–water partition coefficient (Wildman–Crippen LogP) is 9.82. The van der Waals surface area contributed by atoms with Gasteiger partial charge < -0.3 is 54.7 Å².